The Kier molecular flexibility index (Phi) is 4.41. The second-order valence-corrected chi connectivity index (χ2v) is 5.65. The molecule has 4 nitrogen and oxygen atoms in total. The van der Waals surface area contributed by atoms with Gasteiger partial charge in [-0.25, -0.2) is 0 Å². The van der Waals surface area contributed by atoms with Crippen LogP contribution in [0.1, 0.15) is 49.7 Å². The Morgan fingerprint density at radius 2 is 2.10 bits per heavy atom. The number of carbonyl (C=O) groups is 1. The summed E-state index contributed by atoms with van der Waals surface area (Å²) < 4.78 is 0. The number of benzene rings is 1. The van der Waals surface area contributed by atoms with Crippen molar-refractivity contribution in [3.05, 3.63) is 29.3 Å². The maximum Gasteiger partial charge on any atom is 0.227 e. The van der Waals surface area contributed by atoms with Crippen molar-refractivity contribution < 1.29 is 9.90 Å². The molecule has 0 unspecified atom stereocenters. The zero-order valence-electron chi connectivity index (χ0n) is 11.8. The number of anilines is 1. The average Bonchev–Trinajstić information content (AvgIpc) is 2.41. The van der Waals surface area contributed by atoms with E-state index in [0.29, 0.717) is 24.1 Å². The highest BCUT2D eigenvalue weighted by atomic mass is 16.3. The fourth-order valence-corrected chi connectivity index (χ4v) is 2.71. The zero-order chi connectivity index (χ0) is 14.6. The summed E-state index contributed by atoms with van der Waals surface area (Å²) in [6, 6.07) is 7.25. The summed E-state index contributed by atoms with van der Waals surface area (Å²) in [5.41, 5.74) is 1.21. The molecule has 1 fully saturated rings. The lowest BCUT2D eigenvalue weighted by atomic mass is 9.82. The van der Waals surface area contributed by atoms with Crippen LogP contribution in [0, 0.1) is 18.3 Å². The molecule has 1 saturated carbocycles. The lowest BCUT2D eigenvalue weighted by Gasteiger charge is -2.31. The van der Waals surface area contributed by atoms with Crippen LogP contribution in [0.15, 0.2) is 18.2 Å². The lowest BCUT2D eigenvalue weighted by Crippen LogP contribution is -2.36. The molecule has 1 amide bonds. The number of hydrogen-bond acceptors (Lipinski definition) is 3. The Morgan fingerprint density at radius 3 is 2.75 bits per heavy atom. The molecule has 0 aliphatic heterocycles. The van der Waals surface area contributed by atoms with Crippen molar-refractivity contribution in [1.82, 2.24) is 0 Å². The third-order valence-corrected chi connectivity index (χ3v) is 3.91. The van der Waals surface area contributed by atoms with Crippen LogP contribution in [0.5, 0.6) is 0 Å². The minimum absolute atomic E-state index is 0.128. The summed E-state index contributed by atoms with van der Waals surface area (Å²) in [5, 5.41) is 22.1. The molecule has 0 atom stereocenters. The normalized spacial score (nSPS) is 17.2. The van der Waals surface area contributed by atoms with Crippen molar-refractivity contribution in [2.45, 2.75) is 51.0 Å². The summed E-state index contributed by atoms with van der Waals surface area (Å²) >= 11 is 0. The van der Waals surface area contributed by atoms with E-state index in [4.69, 9.17) is 5.26 Å². The van der Waals surface area contributed by atoms with Gasteiger partial charge in [0, 0.05) is 5.69 Å². The number of aryl methyl sites for hydroxylation is 1. The average molecular weight is 272 g/mol. The monoisotopic (exact) mass is 272 g/mol. The highest BCUT2D eigenvalue weighted by Gasteiger charge is 2.31. The van der Waals surface area contributed by atoms with Gasteiger partial charge in [0.25, 0.3) is 0 Å². The number of aliphatic hydroxyl groups is 1. The molecule has 0 saturated heterocycles. The van der Waals surface area contributed by atoms with Gasteiger partial charge in [-0.2, -0.15) is 5.26 Å². The van der Waals surface area contributed by atoms with Gasteiger partial charge >= 0.3 is 0 Å². The van der Waals surface area contributed by atoms with Gasteiger partial charge < -0.3 is 10.4 Å². The molecule has 0 spiro atoms. The number of hydrogen-bond donors (Lipinski definition) is 2. The van der Waals surface area contributed by atoms with E-state index in [1.54, 1.807) is 12.1 Å². The molecule has 0 aromatic heterocycles. The highest BCUT2D eigenvalue weighted by Crippen LogP contribution is 2.31. The molecule has 2 rings (SSSR count). The fraction of sp³-hybridized carbons (Fsp3) is 0.500. The third kappa shape index (κ3) is 3.58. The van der Waals surface area contributed by atoms with Gasteiger partial charge in [0.05, 0.1) is 23.7 Å². The maximum atomic E-state index is 12.1. The van der Waals surface area contributed by atoms with E-state index in [9.17, 15) is 9.90 Å². The molecule has 1 aromatic rings. The van der Waals surface area contributed by atoms with E-state index in [1.807, 2.05) is 13.0 Å². The van der Waals surface area contributed by atoms with E-state index in [-0.39, 0.29) is 12.3 Å². The molecule has 2 N–H and O–H groups in total. The SMILES string of the molecule is Cc1ccc(C#N)cc1NC(=O)CC1(O)CCCCC1. The first-order chi connectivity index (χ1) is 9.52. The van der Waals surface area contributed by atoms with Gasteiger partial charge in [-0.3, -0.25) is 4.79 Å². The van der Waals surface area contributed by atoms with Crippen LogP contribution < -0.4 is 5.32 Å². The summed E-state index contributed by atoms with van der Waals surface area (Å²) in [6.45, 7) is 1.88. The number of carbonyl (C=O) groups excluding carboxylic acids is 1. The first-order valence-electron chi connectivity index (χ1n) is 7.05. The molecule has 1 aliphatic rings. The first kappa shape index (κ1) is 14.5. The Labute approximate surface area is 119 Å². The molecule has 0 bridgehead atoms. The molecule has 4 heteroatoms. The van der Waals surface area contributed by atoms with Gasteiger partial charge in [-0.15, -0.1) is 0 Å². The lowest BCUT2D eigenvalue weighted by molar-refractivity contribution is -0.122. The number of nitriles is 1. The van der Waals surface area contributed by atoms with E-state index >= 15 is 0 Å². The van der Waals surface area contributed by atoms with Gasteiger partial charge in [-0.1, -0.05) is 25.3 Å². The van der Waals surface area contributed by atoms with Crippen LogP contribution in [-0.4, -0.2) is 16.6 Å². The number of nitrogens with zero attached hydrogens (tertiary/aromatic N) is 1. The quantitative estimate of drug-likeness (QED) is 0.888. The number of rotatable bonds is 3. The van der Waals surface area contributed by atoms with Crippen molar-refractivity contribution in [2.24, 2.45) is 0 Å². The topological polar surface area (TPSA) is 73.1 Å². The van der Waals surface area contributed by atoms with Crippen molar-refractivity contribution in [3.8, 4) is 6.07 Å². The van der Waals surface area contributed by atoms with Crippen molar-refractivity contribution >= 4 is 11.6 Å². The van der Waals surface area contributed by atoms with Gasteiger partial charge in [0.1, 0.15) is 0 Å². The minimum atomic E-state index is -0.858. The number of amides is 1. The second-order valence-electron chi connectivity index (χ2n) is 5.65. The van der Waals surface area contributed by atoms with Crippen LogP contribution >= 0.6 is 0 Å². The fourth-order valence-electron chi connectivity index (χ4n) is 2.71. The smallest absolute Gasteiger partial charge is 0.227 e. The van der Waals surface area contributed by atoms with Crippen molar-refractivity contribution in [3.63, 3.8) is 0 Å². The van der Waals surface area contributed by atoms with Crippen molar-refractivity contribution in [2.75, 3.05) is 5.32 Å². The molecule has 106 valence electrons. The van der Waals surface area contributed by atoms with Gasteiger partial charge in [0.15, 0.2) is 0 Å². The molecular weight excluding hydrogens is 252 g/mol. The molecular formula is C16H20N2O2. The van der Waals surface area contributed by atoms with Crippen LogP contribution in [0.4, 0.5) is 5.69 Å². The molecule has 0 radical (unpaired) electrons. The summed E-state index contributed by atoms with van der Waals surface area (Å²) in [5.74, 6) is -0.187. The Morgan fingerprint density at radius 1 is 1.40 bits per heavy atom. The van der Waals surface area contributed by atoms with Crippen molar-refractivity contribution in [1.29, 1.82) is 5.26 Å². The second kappa shape index (κ2) is 6.06. The minimum Gasteiger partial charge on any atom is -0.389 e. The molecule has 1 aliphatic carbocycles. The largest absolute Gasteiger partial charge is 0.389 e. The molecule has 20 heavy (non-hydrogen) atoms. The van der Waals surface area contributed by atoms with E-state index in [0.717, 1.165) is 24.8 Å². The van der Waals surface area contributed by atoms with Gasteiger partial charge in [-0.05, 0) is 37.5 Å². The Balaban J connectivity index is 2.03. The number of nitrogens with one attached hydrogen (secondary N) is 1. The maximum absolute atomic E-state index is 12.1. The van der Waals surface area contributed by atoms with Crippen LogP contribution in [0.3, 0.4) is 0 Å². The van der Waals surface area contributed by atoms with Gasteiger partial charge in [0.2, 0.25) is 5.91 Å². The third-order valence-electron chi connectivity index (χ3n) is 3.91. The summed E-state index contributed by atoms with van der Waals surface area (Å²) in [4.78, 5) is 12.1. The first-order valence-corrected chi connectivity index (χ1v) is 7.05. The molecule has 0 heterocycles. The highest BCUT2D eigenvalue weighted by molar-refractivity contribution is 5.92. The Hall–Kier alpha value is -1.86. The van der Waals surface area contributed by atoms with E-state index in [2.05, 4.69) is 11.4 Å². The van der Waals surface area contributed by atoms with E-state index < -0.39 is 5.60 Å². The summed E-state index contributed by atoms with van der Waals surface area (Å²) in [6.07, 6.45) is 4.60. The predicted molar refractivity (Wildman–Crippen MR) is 77.2 cm³/mol. The Bertz CT molecular complexity index is 540. The van der Waals surface area contributed by atoms with E-state index in [1.165, 1.54) is 0 Å². The van der Waals surface area contributed by atoms with Crippen LogP contribution in [0.2, 0.25) is 0 Å². The standard InChI is InChI=1S/C16H20N2O2/c1-12-5-6-13(11-17)9-14(12)18-15(19)10-16(20)7-3-2-4-8-16/h5-6,9,20H,2-4,7-8,10H2,1H3,(H,18,19). The van der Waals surface area contributed by atoms with Crippen LogP contribution in [-0.2, 0) is 4.79 Å². The molecule has 1 aromatic carbocycles. The zero-order valence-corrected chi connectivity index (χ0v) is 11.8. The van der Waals surface area contributed by atoms with Crippen LogP contribution in [0.25, 0.3) is 0 Å². The summed E-state index contributed by atoms with van der Waals surface area (Å²) in [7, 11) is 0. The predicted octanol–water partition coefficient (Wildman–Crippen LogP) is 2.89.